The van der Waals surface area contributed by atoms with Crippen LogP contribution in [0, 0.1) is 0 Å². The summed E-state index contributed by atoms with van der Waals surface area (Å²) in [6.45, 7) is 4.74. The summed E-state index contributed by atoms with van der Waals surface area (Å²) in [5.74, 6) is 0.841. The fourth-order valence-corrected chi connectivity index (χ4v) is 2.77. The first-order chi connectivity index (χ1) is 11.7. The van der Waals surface area contributed by atoms with E-state index in [-0.39, 0.29) is 11.6 Å². The highest BCUT2D eigenvalue weighted by Crippen LogP contribution is 2.35. The fraction of sp³-hybridized carbons (Fsp3) is 0.200. The average molecular weight is 322 g/mol. The maximum absolute atomic E-state index is 12.9. The summed E-state index contributed by atoms with van der Waals surface area (Å²) in [4.78, 5) is 25.3. The Labute approximate surface area is 140 Å². The summed E-state index contributed by atoms with van der Waals surface area (Å²) >= 11 is 0. The molecule has 24 heavy (non-hydrogen) atoms. The molecule has 0 saturated carbocycles. The van der Waals surface area contributed by atoms with Crippen LogP contribution in [-0.4, -0.2) is 24.8 Å². The maximum atomic E-state index is 12.9. The zero-order valence-electron chi connectivity index (χ0n) is 13.7. The molecular weight excluding hydrogens is 304 g/mol. The average Bonchev–Trinajstić information content (AvgIpc) is 2.60. The van der Waals surface area contributed by atoms with Gasteiger partial charge >= 0.3 is 0 Å². The van der Waals surface area contributed by atoms with Crippen molar-refractivity contribution in [1.82, 2.24) is 0 Å². The summed E-state index contributed by atoms with van der Waals surface area (Å²) in [6, 6.07) is 12.2. The quantitative estimate of drug-likeness (QED) is 0.836. The fourth-order valence-electron chi connectivity index (χ4n) is 2.77. The van der Waals surface area contributed by atoms with Crippen LogP contribution in [0.4, 0.5) is 0 Å². The number of allylic oxidation sites excluding steroid dienone is 2. The molecule has 122 valence electrons. The van der Waals surface area contributed by atoms with Crippen LogP contribution in [0.1, 0.15) is 40.1 Å². The SMILES string of the molecule is CCOc1ccc(OCC)c(C2=CC(=O)c3ccccc3C2=O)c1. The van der Waals surface area contributed by atoms with Gasteiger partial charge in [-0.3, -0.25) is 9.59 Å². The number of fused-ring (bicyclic) bond motifs is 1. The summed E-state index contributed by atoms with van der Waals surface area (Å²) in [7, 11) is 0. The van der Waals surface area contributed by atoms with E-state index in [0.29, 0.717) is 47.0 Å². The summed E-state index contributed by atoms with van der Waals surface area (Å²) in [6.07, 6.45) is 1.39. The van der Waals surface area contributed by atoms with Crippen molar-refractivity contribution in [2.75, 3.05) is 13.2 Å². The van der Waals surface area contributed by atoms with Crippen LogP contribution >= 0.6 is 0 Å². The third-order valence-electron chi connectivity index (χ3n) is 3.81. The molecule has 3 rings (SSSR count). The number of carbonyl (C=O) groups excluding carboxylic acids is 2. The molecule has 0 N–H and O–H groups in total. The molecule has 2 aromatic rings. The van der Waals surface area contributed by atoms with Crippen molar-refractivity contribution in [3.05, 3.63) is 65.2 Å². The summed E-state index contributed by atoms with van der Waals surface area (Å²) in [5, 5.41) is 0. The van der Waals surface area contributed by atoms with Gasteiger partial charge in [0.25, 0.3) is 0 Å². The standard InChI is InChI=1S/C20H18O4/c1-3-23-13-9-10-19(24-4-2)16(11-13)17-12-18(21)14-7-5-6-8-15(14)20(17)22/h5-12H,3-4H2,1-2H3. The van der Waals surface area contributed by atoms with E-state index < -0.39 is 0 Å². The highest BCUT2D eigenvalue weighted by molar-refractivity contribution is 6.39. The number of ether oxygens (including phenoxy) is 2. The molecule has 0 radical (unpaired) electrons. The number of ketones is 2. The van der Waals surface area contributed by atoms with Gasteiger partial charge < -0.3 is 9.47 Å². The van der Waals surface area contributed by atoms with Crippen molar-refractivity contribution < 1.29 is 19.1 Å². The Morgan fingerprint density at radius 3 is 2.25 bits per heavy atom. The van der Waals surface area contributed by atoms with Gasteiger partial charge in [0.05, 0.1) is 13.2 Å². The lowest BCUT2D eigenvalue weighted by Gasteiger charge is -2.18. The molecule has 0 atom stereocenters. The highest BCUT2D eigenvalue weighted by atomic mass is 16.5. The second-order valence-electron chi connectivity index (χ2n) is 5.32. The lowest BCUT2D eigenvalue weighted by Crippen LogP contribution is -2.16. The van der Waals surface area contributed by atoms with Gasteiger partial charge in [0.15, 0.2) is 11.6 Å². The van der Waals surface area contributed by atoms with Gasteiger partial charge in [0.1, 0.15) is 11.5 Å². The van der Waals surface area contributed by atoms with Crippen LogP contribution in [0.15, 0.2) is 48.5 Å². The summed E-state index contributed by atoms with van der Waals surface area (Å²) in [5.41, 5.74) is 1.77. The number of Topliss-reactive ketones (excluding diaryl/α,β-unsaturated/α-hetero) is 1. The Kier molecular flexibility index (Phi) is 4.47. The van der Waals surface area contributed by atoms with E-state index in [0.717, 1.165) is 0 Å². The van der Waals surface area contributed by atoms with Crippen LogP contribution in [0.2, 0.25) is 0 Å². The molecule has 0 aliphatic heterocycles. The predicted octanol–water partition coefficient (Wildman–Crippen LogP) is 3.95. The molecule has 4 heteroatoms. The van der Waals surface area contributed by atoms with Crippen molar-refractivity contribution >= 4 is 17.1 Å². The van der Waals surface area contributed by atoms with Crippen molar-refractivity contribution in [2.45, 2.75) is 13.8 Å². The van der Waals surface area contributed by atoms with Crippen LogP contribution in [-0.2, 0) is 0 Å². The summed E-state index contributed by atoms with van der Waals surface area (Å²) < 4.78 is 11.2. The second kappa shape index (κ2) is 6.71. The second-order valence-corrected chi connectivity index (χ2v) is 5.32. The molecule has 0 fully saturated rings. The molecule has 0 bridgehead atoms. The third kappa shape index (κ3) is 2.83. The molecule has 0 spiro atoms. The van der Waals surface area contributed by atoms with Crippen molar-refractivity contribution in [3.8, 4) is 11.5 Å². The van der Waals surface area contributed by atoms with Gasteiger partial charge in [-0.25, -0.2) is 0 Å². The molecule has 4 nitrogen and oxygen atoms in total. The van der Waals surface area contributed by atoms with E-state index in [4.69, 9.17) is 9.47 Å². The molecule has 0 amide bonds. The lowest BCUT2D eigenvalue weighted by atomic mass is 9.86. The van der Waals surface area contributed by atoms with E-state index in [1.54, 1.807) is 42.5 Å². The van der Waals surface area contributed by atoms with Gasteiger partial charge in [-0.1, -0.05) is 24.3 Å². The minimum Gasteiger partial charge on any atom is -0.494 e. The third-order valence-corrected chi connectivity index (χ3v) is 3.81. The largest absolute Gasteiger partial charge is 0.494 e. The van der Waals surface area contributed by atoms with E-state index in [1.165, 1.54) is 6.08 Å². The van der Waals surface area contributed by atoms with Gasteiger partial charge in [-0.15, -0.1) is 0 Å². The molecule has 1 aliphatic rings. The van der Waals surface area contributed by atoms with Gasteiger partial charge in [0, 0.05) is 22.3 Å². The van der Waals surface area contributed by atoms with Crippen molar-refractivity contribution in [1.29, 1.82) is 0 Å². The number of hydrogen-bond acceptors (Lipinski definition) is 4. The Morgan fingerprint density at radius 2 is 1.54 bits per heavy atom. The smallest absolute Gasteiger partial charge is 0.194 e. The Morgan fingerprint density at radius 1 is 0.833 bits per heavy atom. The van der Waals surface area contributed by atoms with Crippen LogP contribution < -0.4 is 9.47 Å². The van der Waals surface area contributed by atoms with Crippen LogP contribution in [0.5, 0.6) is 11.5 Å². The Bertz CT molecular complexity index is 833. The highest BCUT2D eigenvalue weighted by Gasteiger charge is 2.28. The molecule has 0 aromatic heterocycles. The zero-order chi connectivity index (χ0) is 17.1. The van der Waals surface area contributed by atoms with E-state index in [9.17, 15) is 9.59 Å². The molecule has 0 saturated heterocycles. The Hall–Kier alpha value is -2.88. The first-order valence-electron chi connectivity index (χ1n) is 7.95. The monoisotopic (exact) mass is 322 g/mol. The minimum absolute atomic E-state index is 0.176. The van der Waals surface area contributed by atoms with E-state index in [2.05, 4.69) is 0 Å². The number of carbonyl (C=O) groups is 2. The maximum Gasteiger partial charge on any atom is 0.194 e. The minimum atomic E-state index is -0.181. The van der Waals surface area contributed by atoms with E-state index in [1.807, 2.05) is 13.8 Å². The lowest BCUT2D eigenvalue weighted by molar-refractivity contribution is 0.100. The van der Waals surface area contributed by atoms with Gasteiger partial charge in [0.2, 0.25) is 0 Å². The number of benzene rings is 2. The first kappa shape index (κ1) is 16.0. The van der Waals surface area contributed by atoms with E-state index >= 15 is 0 Å². The normalized spacial score (nSPS) is 13.3. The topological polar surface area (TPSA) is 52.6 Å². The molecule has 1 aliphatic carbocycles. The first-order valence-corrected chi connectivity index (χ1v) is 7.95. The van der Waals surface area contributed by atoms with Crippen molar-refractivity contribution in [2.24, 2.45) is 0 Å². The van der Waals surface area contributed by atoms with Crippen LogP contribution in [0.3, 0.4) is 0 Å². The number of rotatable bonds is 5. The van der Waals surface area contributed by atoms with Crippen molar-refractivity contribution in [3.63, 3.8) is 0 Å². The molecule has 0 heterocycles. The number of hydrogen-bond donors (Lipinski definition) is 0. The molecule has 2 aromatic carbocycles. The zero-order valence-corrected chi connectivity index (χ0v) is 13.7. The van der Waals surface area contributed by atoms with Gasteiger partial charge in [-0.05, 0) is 38.1 Å². The van der Waals surface area contributed by atoms with Crippen LogP contribution in [0.25, 0.3) is 5.57 Å². The predicted molar refractivity (Wildman–Crippen MR) is 91.9 cm³/mol. The van der Waals surface area contributed by atoms with Gasteiger partial charge in [-0.2, -0.15) is 0 Å². The molecular formula is C20H18O4. The molecule has 0 unspecified atom stereocenters. The Balaban J connectivity index is 2.12.